The smallest absolute Gasteiger partial charge is 0.271 e. The van der Waals surface area contributed by atoms with Gasteiger partial charge in [-0.25, -0.2) is 4.99 Å². The van der Waals surface area contributed by atoms with Crippen LogP contribution in [-0.2, 0) is 4.79 Å². The summed E-state index contributed by atoms with van der Waals surface area (Å²) in [4.78, 5) is 34.0. The van der Waals surface area contributed by atoms with Crippen LogP contribution in [0.5, 0.6) is 5.75 Å². The highest BCUT2D eigenvalue weighted by molar-refractivity contribution is 7.07. The topological polar surface area (TPSA) is 74.9 Å². The quantitative estimate of drug-likeness (QED) is 0.497. The van der Waals surface area contributed by atoms with Gasteiger partial charge in [-0.15, -0.1) is 0 Å². The van der Waals surface area contributed by atoms with Crippen LogP contribution in [0.4, 0.5) is 0 Å². The van der Waals surface area contributed by atoms with Crippen molar-refractivity contribution in [2.24, 2.45) is 4.99 Å². The predicted molar refractivity (Wildman–Crippen MR) is 141 cm³/mol. The van der Waals surface area contributed by atoms with Crippen LogP contribution in [0.15, 0.2) is 57.5 Å². The Balaban J connectivity index is 1.99. The van der Waals surface area contributed by atoms with Gasteiger partial charge in [0.2, 0.25) is 0 Å². The highest BCUT2D eigenvalue weighted by Crippen LogP contribution is 2.33. The van der Waals surface area contributed by atoms with Gasteiger partial charge in [0.1, 0.15) is 5.75 Å². The Morgan fingerprint density at radius 3 is 2.43 bits per heavy atom. The number of carbonyl (C=O) groups is 1. The monoisotopic (exact) mass is 549 g/mol. The number of fused-ring (bicyclic) bond motifs is 1. The van der Waals surface area contributed by atoms with E-state index < -0.39 is 6.04 Å². The lowest BCUT2D eigenvalue weighted by Crippen LogP contribution is -2.43. The standard InChI is InChI=1S/C25H22Cl3N3O3S/c1-4-30(5-2)24(34)20-13(3)29-25-31(21(20)14-6-8-16(26)9-7-14)23(33)19(35-25)11-15-10-17(27)12-18(28)22(15)32/h6-12,21,32H,4-5H2,1-3H3/b19-11+/t21-/m1/s1. The number of phenolic OH excluding ortho intramolecular Hbond substituents is 1. The summed E-state index contributed by atoms with van der Waals surface area (Å²) in [6.07, 6.45) is 1.53. The van der Waals surface area contributed by atoms with Crippen molar-refractivity contribution >= 4 is 58.1 Å². The molecule has 2 heterocycles. The fourth-order valence-electron chi connectivity index (χ4n) is 4.07. The van der Waals surface area contributed by atoms with Gasteiger partial charge in [-0.1, -0.05) is 58.3 Å². The number of carbonyl (C=O) groups excluding carboxylic acids is 1. The zero-order valence-electron chi connectivity index (χ0n) is 19.2. The van der Waals surface area contributed by atoms with Gasteiger partial charge >= 0.3 is 0 Å². The molecule has 1 N–H and O–H groups in total. The molecule has 1 aliphatic heterocycles. The van der Waals surface area contributed by atoms with Crippen LogP contribution in [-0.4, -0.2) is 33.6 Å². The molecule has 35 heavy (non-hydrogen) atoms. The van der Waals surface area contributed by atoms with Crippen molar-refractivity contribution in [3.05, 3.63) is 93.6 Å². The van der Waals surface area contributed by atoms with E-state index in [1.807, 2.05) is 13.8 Å². The fourth-order valence-corrected chi connectivity index (χ4v) is 5.75. The van der Waals surface area contributed by atoms with Gasteiger partial charge in [0.05, 0.1) is 26.9 Å². The molecule has 0 saturated heterocycles. The molecular formula is C25H22Cl3N3O3S. The number of phenols is 1. The average molecular weight is 551 g/mol. The molecule has 182 valence electrons. The van der Waals surface area contributed by atoms with Crippen LogP contribution in [0.25, 0.3) is 6.08 Å². The molecule has 6 nitrogen and oxygen atoms in total. The summed E-state index contributed by atoms with van der Waals surface area (Å²) in [5, 5.41) is 11.3. The van der Waals surface area contributed by atoms with E-state index in [-0.39, 0.29) is 22.2 Å². The van der Waals surface area contributed by atoms with Crippen LogP contribution in [0, 0.1) is 0 Å². The molecule has 3 aromatic rings. The Bertz CT molecular complexity index is 1520. The molecule has 1 aliphatic rings. The maximum atomic E-state index is 13.7. The van der Waals surface area contributed by atoms with Gasteiger partial charge in [-0.3, -0.25) is 14.2 Å². The number of allylic oxidation sites excluding steroid dienone is 1. The molecule has 4 rings (SSSR count). The largest absolute Gasteiger partial charge is 0.506 e. The van der Waals surface area contributed by atoms with Crippen molar-refractivity contribution in [3.8, 4) is 5.75 Å². The summed E-state index contributed by atoms with van der Waals surface area (Å²) in [6.45, 7) is 6.65. The highest BCUT2D eigenvalue weighted by atomic mass is 35.5. The van der Waals surface area contributed by atoms with Crippen molar-refractivity contribution in [1.29, 1.82) is 0 Å². The minimum Gasteiger partial charge on any atom is -0.506 e. The molecule has 0 fully saturated rings. The lowest BCUT2D eigenvalue weighted by Gasteiger charge is -2.29. The summed E-state index contributed by atoms with van der Waals surface area (Å²) >= 11 is 19.4. The summed E-state index contributed by atoms with van der Waals surface area (Å²) in [5.41, 5.74) is 1.68. The van der Waals surface area contributed by atoms with E-state index in [0.29, 0.717) is 49.3 Å². The molecule has 0 spiro atoms. The van der Waals surface area contributed by atoms with E-state index in [2.05, 4.69) is 4.99 Å². The van der Waals surface area contributed by atoms with E-state index >= 15 is 0 Å². The molecule has 0 radical (unpaired) electrons. The van der Waals surface area contributed by atoms with Gasteiger partial charge in [-0.2, -0.15) is 0 Å². The lowest BCUT2D eigenvalue weighted by molar-refractivity contribution is -0.127. The summed E-state index contributed by atoms with van der Waals surface area (Å²) in [6, 6.07) is 9.34. The SMILES string of the molecule is CCN(CC)C(=O)C1=C(C)N=c2s/c(=C/c3cc(Cl)cc(Cl)c3O)c(=O)n2[C@@H]1c1ccc(Cl)cc1. The van der Waals surface area contributed by atoms with Crippen molar-refractivity contribution in [2.75, 3.05) is 13.1 Å². The summed E-state index contributed by atoms with van der Waals surface area (Å²) in [5.74, 6) is -0.352. The van der Waals surface area contributed by atoms with E-state index in [1.54, 1.807) is 36.1 Å². The first-order valence-electron chi connectivity index (χ1n) is 10.9. The molecule has 1 amide bonds. The molecule has 0 saturated carbocycles. The Morgan fingerprint density at radius 1 is 1.14 bits per heavy atom. The third-order valence-electron chi connectivity index (χ3n) is 5.83. The zero-order chi connectivity index (χ0) is 25.4. The Hall–Kier alpha value is -2.58. The molecule has 0 aliphatic carbocycles. The van der Waals surface area contributed by atoms with Crippen LogP contribution >= 0.6 is 46.1 Å². The lowest BCUT2D eigenvalue weighted by atomic mass is 9.94. The number of thiazole rings is 1. The van der Waals surface area contributed by atoms with Gasteiger partial charge in [0.25, 0.3) is 11.5 Å². The van der Waals surface area contributed by atoms with Crippen molar-refractivity contribution in [1.82, 2.24) is 9.47 Å². The van der Waals surface area contributed by atoms with Crippen LogP contribution in [0.2, 0.25) is 15.1 Å². The fraction of sp³-hybridized carbons (Fsp3) is 0.240. The van der Waals surface area contributed by atoms with Crippen LogP contribution < -0.4 is 14.9 Å². The summed E-state index contributed by atoms with van der Waals surface area (Å²) < 4.78 is 1.84. The van der Waals surface area contributed by atoms with E-state index in [4.69, 9.17) is 34.8 Å². The first-order chi connectivity index (χ1) is 16.7. The molecule has 10 heteroatoms. The zero-order valence-corrected chi connectivity index (χ0v) is 22.3. The number of hydrogen-bond donors (Lipinski definition) is 1. The molecule has 1 aromatic heterocycles. The van der Waals surface area contributed by atoms with Gasteiger partial charge in [0, 0.05) is 28.7 Å². The maximum absolute atomic E-state index is 13.7. The number of rotatable bonds is 5. The number of aromatic hydroxyl groups is 1. The second-order valence-electron chi connectivity index (χ2n) is 7.94. The van der Waals surface area contributed by atoms with Crippen LogP contribution in [0.1, 0.15) is 37.9 Å². The van der Waals surface area contributed by atoms with Gasteiger partial charge in [0.15, 0.2) is 4.80 Å². The molecule has 1 atom stereocenters. The first kappa shape index (κ1) is 25.5. The maximum Gasteiger partial charge on any atom is 0.271 e. The van der Waals surface area contributed by atoms with E-state index in [0.717, 1.165) is 16.9 Å². The molecule has 2 aromatic carbocycles. The second kappa shape index (κ2) is 10.2. The molecular weight excluding hydrogens is 529 g/mol. The second-order valence-corrected chi connectivity index (χ2v) is 10.2. The third kappa shape index (κ3) is 4.78. The highest BCUT2D eigenvalue weighted by Gasteiger charge is 2.34. The minimum atomic E-state index is -0.685. The number of nitrogens with zero attached hydrogens (tertiary/aromatic N) is 3. The molecule has 0 unspecified atom stereocenters. The number of hydrogen-bond acceptors (Lipinski definition) is 5. The van der Waals surface area contributed by atoms with E-state index in [1.165, 1.54) is 22.8 Å². The number of halogens is 3. The Kier molecular flexibility index (Phi) is 7.43. The number of likely N-dealkylation sites (N-methyl/N-ethyl adjacent to an activating group) is 1. The van der Waals surface area contributed by atoms with Gasteiger partial charge < -0.3 is 10.0 Å². The minimum absolute atomic E-state index is 0.0820. The first-order valence-corrected chi connectivity index (χ1v) is 12.9. The van der Waals surface area contributed by atoms with E-state index in [9.17, 15) is 14.7 Å². The Labute approximate surface area is 221 Å². The summed E-state index contributed by atoms with van der Waals surface area (Å²) in [7, 11) is 0. The molecule has 0 bridgehead atoms. The number of aromatic nitrogens is 1. The number of amides is 1. The third-order valence-corrected chi connectivity index (χ3v) is 7.57. The van der Waals surface area contributed by atoms with Crippen LogP contribution in [0.3, 0.4) is 0 Å². The predicted octanol–water partition coefficient (Wildman–Crippen LogP) is 4.77. The number of benzene rings is 2. The normalized spacial score (nSPS) is 15.7. The van der Waals surface area contributed by atoms with Crippen molar-refractivity contribution in [2.45, 2.75) is 26.8 Å². The average Bonchev–Trinajstić information content (AvgIpc) is 3.12. The van der Waals surface area contributed by atoms with Gasteiger partial charge in [-0.05, 0) is 56.7 Å². The Morgan fingerprint density at radius 2 is 1.80 bits per heavy atom. The van der Waals surface area contributed by atoms with Crippen molar-refractivity contribution in [3.63, 3.8) is 0 Å². The van der Waals surface area contributed by atoms with Crippen molar-refractivity contribution < 1.29 is 9.90 Å².